The molecule has 90 valence electrons. The molecule has 0 heterocycles. The highest BCUT2D eigenvalue weighted by Gasteiger charge is 2.12. The topological polar surface area (TPSA) is 3.24 Å². The lowest BCUT2D eigenvalue weighted by atomic mass is 10.0. The number of nitrogens with zero attached hydrogens (tertiary/aromatic N) is 1. The van der Waals surface area contributed by atoms with Gasteiger partial charge in [-0.25, -0.2) is 0 Å². The maximum atomic E-state index is 2.47. The van der Waals surface area contributed by atoms with Crippen molar-refractivity contribution < 1.29 is 0 Å². The maximum absolute atomic E-state index is 2.47. The summed E-state index contributed by atoms with van der Waals surface area (Å²) in [6, 6.07) is 0.587. The average molecular weight is 211 g/mol. The van der Waals surface area contributed by atoms with E-state index in [1.54, 1.807) is 11.1 Å². The zero-order chi connectivity index (χ0) is 12.0. The minimum Gasteiger partial charge on any atom is -0.300 e. The van der Waals surface area contributed by atoms with Gasteiger partial charge in [0.2, 0.25) is 0 Å². The van der Waals surface area contributed by atoms with E-state index < -0.39 is 0 Å². The van der Waals surface area contributed by atoms with Crippen LogP contribution in [0.3, 0.4) is 0 Å². The maximum Gasteiger partial charge on any atom is 0.0276 e. The van der Waals surface area contributed by atoms with Crippen LogP contribution in [0.25, 0.3) is 0 Å². The zero-order valence-corrected chi connectivity index (χ0v) is 11.7. The quantitative estimate of drug-likeness (QED) is 0.598. The Morgan fingerprint density at radius 2 is 1.67 bits per heavy atom. The fraction of sp³-hybridized carbons (Fsp3) is 0.857. The van der Waals surface area contributed by atoms with Gasteiger partial charge in [-0.1, -0.05) is 31.9 Å². The normalized spacial score (nSPS) is 15.8. The molecule has 0 aliphatic carbocycles. The van der Waals surface area contributed by atoms with Crippen LogP contribution in [0.1, 0.15) is 54.4 Å². The van der Waals surface area contributed by atoms with Crippen LogP contribution in [0, 0.1) is 5.92 Å². The molecule has 0 aromatic carbocycles. The fourth-order valence-corrected chi connectivity index (χ4v) is 1.62. The van der Waals surface area contributed by atoms with Gasteiger partial charge in [-0.05, 0) is 53.1 Å². The molecule has 1 unspecified atom stereocenters. The van der Waals surface area contributed by atoms with Crippen LogP contribution >= 0.6 is 0 Å². The number of hydrogen-bond acceptors (Lipinski definition) is 1. The Kier molecular flexibility index (Phi) is 6.91. The SMILES string of the molecule is CCC(C)=C(C)C(C)N(C)CCC(C)C. The minimum absolute atomic E-state index is 0.587. The standard InChI is InChI=1S/C14H29N/c1-8-12(4)13(5)14(6)15(7)10-9-11(2)3/h11,14H,8-10H2,1-7H3. The first kappa shape index (κ1) is 14.7. The van der Waals surface area contributed by atoms with Gasteiger partial charge < -0.3 is 0 Å². The molecule has 1 heteroatoms. The number of hydrogen-bond donors (Lipinski definition) is 0. The van der Waals surface area contributed by atoms with Gasteiger partial charge in [0.1, 0.15) is 0 Å². The van der Waals surface area contributed by atoms with Crippen molar-refractivity contribution in [1.29, 1.82) is 0 Å². The van der Waals surface area contributed by atoms with Crippen LogP contribution in [-0.4, -0.2) is 24.5 Å². The number of allylic oxidation sites excluding steroid dienone is 1. The van der Waals surface area contributed by atoms with Gasteiger partial charge in [0.05, 0.1) is 0 Å². The van der Waals surface area contributed by atoms with Crippen LogP contribution in [0.4, 0.5) is 0 Å². The van der Waals surface area contributed by atoms with E-state index in [0.717, 1.165) is 5.92 Å². The summed E-state index contributed by atoms with van der Waals surface area (Å²) in [7, 11) is 2.24. The summed E-state index contributed by atoms with van der Waals surface area (Å²) >= 11 is 0. The minimum atomic E-state index is 0.587. The van der Waals surface area contributed by atoms with Gasteiger partial charge in [0.25, 0.3) is 0 Å². The van der Waals surface area contributed by atoms with Crippen molar-refractivity contribution in [3.8, 4) is 0 Å². The molecule has 0 saturated carbocycles. The molecule has 0 rings (SSSR count). The molecule has 0 aliphatic heterocycles. The highest BCUT2D eigenvalue weighted by Crippen LogP contribution is 2.16. The molecule has 0 saturated heterocycles. The Balaban J connectivity index is 4.25. The Labute approximate surface area is 96.6 Å². The zero-order valence-electron chi connectivity index (χ0n) is 11.7. The van der Waals surface area contributed by atoms with Crippen molar-refractivity contribution in [2.24, 2.45) is 5.92 Å². The average Bonchev–Trinajstić information content (AvgIpc) is 2.22. The predicted molar refractivity (Wildman–Crippen MR) is 70.2 cm³/mol. The molecule has 15 heavy (non-hydrogen) atoms. The lowest BCUT2D eigenvalue weighted by Gasteiger charge is -2.27. The van der Waals surface area contributed by atoms with E-state index in [4.69, 9.17) is 0 Å². The Morgan fingerprint density at radius 1 is 1.13 bits per heavy atom. The van der Waals surface area contributed by atoms with Crippen LogP contribution < -0.4 is 0 Å². The van der Waals surface area contributed by atoms with E-state index in [-0.39, 0.29) is 0 Å². The lowest BCUT2D eigenvalue weighted by molar-refractivity contribution is 0.268. The molecule has 0 radical (unpaired) electrons. The second kappa shape index (κ2) is 7.05. The third-order valence-electron chi connectivity index (χ3n) is 3.55. The molecule has 0 spiro atoms. The first-order valence-corrected chi connectivity index (χ1v) is 6.26. The van der Waals surface area contributed by atoms with E-state index in [0.29, 0.717) is 6.04 Å². The molecule has 0 aliphatic rings. The summed E-state index contributed by atoms with van der Waals surface area (Å²) in [4.78, 5) is 2.47. The first-order chi connectivity index (χ1) is 6.90. The predicted octanol–water partition coefficient (Wildman–Crippen LogP) is 4.10. The summed E-state index contributed by atoms with van der Waals surface area (Å²) in [6.07, 6.45) is 2.47. The van der Waals surface area contributed by atoms with Gasteiger partial charge in [-0.15, -0.1) is 0 Å². The van der Waals surface area contributed by atoms with Crippen molar-refractivity contribution in [2.75, 3.05) is 13.6 Å². The van der Waals surface area contributed by atoms with E-state index in [9.17, 15) is 0 Å². The van der Waals surface area contributed by atoms with Gasteiger partial charge in [-0.3, -0.25) is 4.90 Å². The Hall–Kier alpha value is -0.300. The lowest BCUT2D eigenvalue weighted by Crippen LogP contribution is -2.32. The van der Waals surface area contributed by atoms with Crippen LogP contribution in [-0.2, 0) is 0 Å². The summed E-state index contributed by atoms with van der Waals surface area (Å²) in [6.45, 7) is 14.9. The summed E-state index contributed by atoms with van der Waals surface area (Å²) in [5.41, 5.74) is 3.09. The molecule has 0 aromatic heterocycles. The van der Waals surface area contributed by atoms with Gasteiger partial charge >= 0.3 is 0 Å². The van der Waals surface area contributed by atoms with E-state index in [1.165, 1.54) is 19.4 Å². The summed E-state index contributed by atoms with van der Waals surface area (Å²) in [5, 5.41) is 0. The van der Waals surface area contributed by atoms with Crippen molar-refractivity contribution in [3.63, 3.8) is 0 Å². The van der Waals surface area contributed by atoms with E-state index >= 15 is 0 Å². The largest absolute Gasteiger partial charge is 0.300 e. The number of likely N-dealkylation sites (N-methyl/N-ethyl adjacent to an activating group) is 1. The molecular weight excluding hydrogens is 182 g/mol. The van der Waals surface area contributed by atoms with Crippen molar-refractivity contribution >= 4 is 0 Å². The Morgan fingerprint density at radius 3 is 2.07 bits per heavy atom. The highest BCUT2D eigenvalue weighted by molar-refractivity contribution is 5.14. The number of rotatable bonds is 6. The van der Waals surface area contributed by atoms with Gasteiger partial charge in [-0.2, -0.15) is 0 Å². The first-order valence-electron chi connectivity index (χ1n) is 6.26. The Bertz CT molecular complexity index is 203. The second-order valence-corrected chi connectivity index (χ2v) is 5.16. The van der Waals surface area contributed by atoms with E-state index in [1.807, 2.05) is 0 Å². The molecule has 0 bridgehead atoms. The molecule has 0 fully saturated rings. The summed E-state index contributed by atoms with van der Waals surface area (Å²) < 4.78 is 0. The van der Waals surface area contributed by atoms with Crippen LogP contribution in [0.2, 0.25) is 0 Å². The summed E-state index contributed by atoms with van der Waals surface area (Å²) in [5.74, 6) is 0.802. The van der Waals surface area contributed by atoms with Crippen LogP contribution in [0.15, 0.2) is 11.1 Å². The molecular formula is C14H29N. The molecule has 0 aromatic rings. The van der Waals surface area contributed by atoms with Crippen molar-refractivity contribution in [3.05, 3.63) is 11.1 Å². The molecule has 1 atom stereocenters. The van der Waals surface area contributed by atoms with Gasteiger partial charge in [0, 0.05) is 6.04 Å². The fourth-order valence-electron chi connectivity index (χ4n) is 1.62. The van der Waals surface area contributed by atoms with E-state index in [2.05, 4.69) is 53.5 Å². The van der Waals surface area contributed by atoms with Crippen LogP contribution in [0.5, 0.6) is 0 Å². The third-order valence-corrected chi connectivity index (χ3v) is 3.55. The highest BCUT2D eigenvalue weighted by atomic mass is 15.1. The second-order valence-electron chi connectivity index (χ2n) is 5.16. The smallest absolute Gasteiger partial charge is 0.0276 e. The van der Waals surface area contributed by atoms with Crippen molar-refractivity contribution in [1.82, 2.24) is 4.90 Å². The molecule has 1 nitrogen and oxygen atoms in total. The molecule has 0 amide bonds. The monoisotopic (exact) mass is 211 g/mol. The van der Waals surface area contributed by atoms with Gasteiger partial charge in [0.15, 0.2) is 0 Å². The third kappa shape index (κ3) is 5.36. The molecule has 0 N–H and O–H groups in total. The van der Waals surface area contributed by atoms with Crippen molar-refractivity contribution in [2.45, 2.75) is 60.4 Å².